The van der Waals surface area contributed by atoms with Crippen LogP contribution in [0.2, 0.25) is 5.02 Å². The number of halogens is 1. The molecular formula is C17H18ClN5O2. The Morgan fingerprint density at radius 1 is 1.28 bits per heavy atom. The highest BCUT2D eigenvalue weighted by Gasteiger charge is 2.11. The van der Waals surface area contributed by atoms with E-state index in [4.69, 9.17) is 11.6 Å². The molecule has 25 heavy (non-hydrogen) atoms. The van der Waals surface area contributed by atoms with E-state index in [1.54, 1.807) is 34.6 Å². The van der Waals surface area contributed by atoms with Crippen molar-refractivity contribution in [1.29, 1.82) is 0 Å². The molecule has 0 fully saturated rings. The third kappa shape index (κ3) is 3.72. The molecule has 0 atom stereocenters. The van der Waals surface area contributed by atoms with Gasteiger partial charge in [-0.3, -0.25) is 4.79 Å². The van der Waals surface area contributed by atoms with E-state index in [9.17, 15) is 9.90 Å². The average Bonchev–Trinajstić information content (AvgIpc) is 3.05. The number of aromatic nitrogens is 4. The molecule has 0 aliphatic heterocycles. The molecule has 8 heteroatoms. The second-order valence-corrected chi connectivity index (χ2v) is 6.18. The van der Waals surface area contributed by atoms with Crippen LogP contribution in [-0.4, -0.2) is 24.7 Å². The first kappa shape index (κ1) is 17.2. The molecule has 1 aromatic carbocycles. The van der Waals surface area contributed by atoms with E-state index in [2.05, 4.69) is 15.6 Å². The van der Waals surface area contributed by atoms with Crippen LogP contribution >= 0.6 is 11.6 Å². The Labute approximate surface area is 149 Å². The Kier molecular flexibility index (Phi) is 4.87. The van der Waals surface area contributed by atoms with Crippen molar-refractivity contribution in [1.82, 2.24) is 24.9 Å². The van der Waals surface area contributed by atoms with Crippen LogP contribution in [0.25, 0.3) is 5.69 Å². The number of pyridine rings is 1. The largest absolute Gasteiger partial charge is 0.503 e. The van der Waals surface area contributed by atoms with Gasteiger partial charge in [0.15, 0.2) is 5.75 Å². The first-order chi connectivity index (χ1) is 12.0. The van der Waals surface area contributed by atoms with Gasteiger partial charge in [0, 0.05) is 36.9 Å². The minimum atomic E-state index is -0.376. The van der Waals surface area contributed by atoms with Crippen LogP contribution in [0.1, 0.15) is 17.1 Å². The fourth-order valence-corrected chi connectivity index (χ4v) is 2.69. The van der Waals surface area contributed by atoms with Crippen LogP contribution in [0, 0.1) is 6.92 Å². The molecule has 0 saturated heterocycles. The predicted molar refractivity (Wildman–Crippen MR) is 95.0 cm³/mol. The first-order valence-electron chi connectivity index (χ1n) is 7.72. The van der Waals surface area contributed by atoms with E-state index in [1.165, 1.54) is 6.07 Å². The van der Waals surface area contributed by atoms with Crippen molar-refractivity contribution >= 4 is 11.6 Å². The van der Waals surface area contributed by atoms with Gasteiger partial charge in [0.2, 0.25) is 5.43 Å². The highest BCUT2D eigenvalue weighted by atomic mass is 35.5. The molecule has 2 aromatic heterocycles. The number of rotatable bonds is 5. The number of aromatic hydroxyl groups is 1. The second kappa shape index (κ2) is 7.08. The van der Waals surface area contributed by atoms with Gasteiger partial charge in [0.1, 0.15) is 0 Å². The first-order valence-corrected chi connectivity index (χ1v) is 8.10. The van der Waals surface area contributed by atoms with Crippen LogP contribution in [-0.2, 0) is 20.1 Å². The maximum Gasteiger partial charge on any atom is 0.223 e. The maximum atomic E-state index is 11.7. The highest BCUT2D eigenvalue weighted by Crippen LogP contribution is 2.15. The molecule has 0 aliphatic rings. The third-order valence-electron chi connectivity index (χ3n) is 3.99. The molecule has 3 aromatic rings. The monoisotopic (exact) mass is 359 g/mol. The predicted octanol–water partition coefficient (Wildman–Crippen LogP) is 1.92. The van der Waals surface area contributed by atoms with Gasteiger partial charge < -0.3 is 15.0 Å². The molecule has 0 unspecified atom stereocenters. The summed E-state index contributed by atoms with van der Waals surface area (Å²) in [4.78, 5) is 11.7. The van der Waals surface area contributed by atoms with Crippen molar-refractivity contribution in [2.24, 2.45) is 7.05 Å². The average molecular weight is 360 g/mol. The maximum absolute atomic E-state index is 11.7. The lowest BCUT2D eigenvalue weighted by Gasteiger charge is -2.13. The van der Waals surface area contributed by atoms with Gasteiger partial charge in [0.25, 0.3) is 0 Å². The Morgan fingerprint density at radius 3 is 2.84 bits per heavy atom. The van der Waals surface area contributed by atoms with Gasteiger partial charge in [-0.2, -0.15) is 0 Å². The fraction of sp³-hybridized carbons (Fsp3) is 0.235. The number of nitrogens with one attached hydrogen (secondary N) is 1. The lowest BCUT2D eigenvalue weighted by Crippen LogP contribution is -2.20. The molecule has 3 rings (SSSR count). The lowest BCUT2D eigenvalue weighted by atomic mass is 10.2. The van der Waals surface area contributed by atoms with Crippen molar-refractivity contribution < 1.29 is 5.11 Å². The van der Waals surface area contributed by atoms with E-state index in [1.807, 2.05) is 19.1 Å². The van der Waals surface area contributed by atoms with E-state index >= 15 is 0 Å². The number of hydrogen-bond donors (Lipinski definition) is 2. The molecule has 0 amide bonds. The highest BCUT2D eigenvalue weighted by molar-refractivity contribution is 6.30. The summed E-state index contributed by atoms with van der Waals surface area (Å²) in [5.74, 6) is -0.233. The van der Waals surface area contributed by atoms with Crippen LogP contribution in [0.4, 0.5) is 0 Å². The van der Waals surface area contributed by atoms with Crippen molar-refractivity contribution in [2.75, 3.05) is 0 Å². The number of hydrogen-bond acceptors (Lipinski definition) is 5. The number of nitrogens with zero attached hydrogens (tertiary/aromatic N) is 4. The van der Waals surface area contributed by atoms with Gasteiger partial charge in [-0.05, 0) is 25.1 Å². The standard InChI is InChI=1S/C17H18ClN5O2/c1-11-6-16(24)17(25)15(22(11)2)9-19-8-13-10-23(21-20-13)14-5-3-4-12(18)7-14/h3-7,10,19,25H,8-9H2,1-2H3. The Hall–Kier alpha value is -2.64. The number of aryl methyl sites for hydroxylation is 1. The minimum absolute atomic E-state index is 0.233. The molecule has 130 valence electrons. The topological polar surface area (TPSA) is 85.0 Å². The van der Waals surface area contributed by atoms with Gasteiger partial charge in [-0.25, -0.2) is 4.68 Å². The van der Waals surface area contributed by atoms with Gasteiger partial charge in [-0.15, -0.1) is 5.10 Å². The van der Waals surface area contributed by atoms with Crippen molar-refractivity contribution in [3.05, 3.63) is 68.9 Å². The van der Waals surface area contributed by atoms with Crippen LogP contribution in [0.3, 0.4) is 0 Å². The minimum Gasteiger partial charge on any atom is -0.503 e. The van der Waals surface area contributed by atoms with E-state index < -0.39 is 0 Å². The van der Waals surface area contributed by atoms with Crippen molar-refractivity contribution in [3.8, 4) is 11.4 Å². The summed E-state index contributed by atoms with van der Waals surface area (Å²) >= 11 is 5.98. The Balaban J connectivity index is 1.69. The molecular weight excluding hydrogens is 342 g/mol. The summed E-state index contributed by atoms with van der Waals surface area (Å²) in [5.41, 5.74) is 2.50. The summed E-state index contributed by atoms with van der Waals surface area (Å²) < 4.78 is 3.43. The summed E-state index contributed by atoms with van der Waals surface area (Å²) in [7, 11) is 1.81. The summed E-state index contributed by atoms with van der Waals surface area (Å²) in [6, 6.07) is 8.74. The van der Waals surface area contributed by atoms with Gasteiger partial charge in [-0.1, -0.05) is 22.9 Å². The van der Waals surface area contributed by atoms with E-state index in [-0.39, 0.29) is 11.2 Å². The molecule has 0 spiro atoms. The molecule has 0 aliphatic carbocycles. The van der Waals surface area contributed by atoms with Crippen molar-refractivity contribution in [2.45, 2.75) is 20.0 Å². The quantitative estimate of drug-likeness (QED) is 0.727. The molecule has 2 N–H and O–H groups in total. The van der Waals surface area contributed by atoms with Gasteiger partial charge >= 0.3 is 0 Å². The SMILES string of the molecule is Cc1cc(=O)c(O)c(CNCc2cn(-c3cccc(Cl)c3)nn2)n1C. The van der Waals surface area contributed by atoms with Crippen LogP contribution < -0.4 is 10.7 Å². The lowest BCUT2D eigenvalue weighted by molar-refractivity contribution is 0.445. The normalized spacial score (nSPS) is 11.0. The summed E-state index contributed by atoms with van der Waals surface area (Å²) in [6.07, 6.45) is 1.80. The van der Waals surface area contributed by atoms with Crippen molar-refractivity contribution in [3.63, 3.8) is 0 Å². The fourth-order valence-electron chi connectivity index (χ4n) is 2.50. The zero-order chi connectivity index (χ0) is 18.0. The summed E-state index contributed by atoms with van der Waals surface area (Å²) in [6.45, 7) is 2.60. The molecule has 0 radical (unpaired) electrons. The smallest absolute Gasteiger partial charge is 0.223 e. The second-order valence-electron chi connectivity index (χ2n) is 5.74. The van der Waals surface area contributed by atoms with Crippen LogP contribution in [0.15, 0.2) is 41.3 Å². The van der Waals surface area contributed by atoms with E-state index in [0.717, 1.165) is 17.1 Å². The molecule has 2 heterocycles. The van der Waals surface area contributed by atoms with Gasteiger partial charge in [0.05, 0.1) is 23.3 Å². The molecule has 7 nitrogen and oxygen atoms in total. The molecule has 0 saturated carbocycles. The zero-order valence-electron chi connectivity index (χ0n) is 13.9. The zero-order valence-corrected chi connectivity index (χ0v) is 14.7. The summed E-state index contributed by atoms with van der Waals surface area (Å²) in [5, 5.41) is 21.9. The Morgan fingerprint density at radius 2 is 2.08 bits per heavy atom. The Bertz CT molecular complexity index is 964. The number of benzene rings is 1. The van der Waals surface area contributed by atoms with E-state index in [0.29, 0.717) is 23.8 Å². The van der Waals surface area contributed by atoms with Crippen LogP contribution in [0.5, 0.6) is 5.75 Å². The molecule has 0 bridgehead atoms. The third-order valence-corrected chi connectivity index (χ3v) is 4.23.